The van der Waals surface area contributed by atoms with Crippen molar-refractivity contribution >= 4 is 15.9 Å². The maximum absolute atomic E-state index is 5.66. The number of nitrogens with two attached hydrogens (primary N) is 1. The van der Waals surface area contributed by atoms with Crippen molar-refractivity contribution < 1.29 is 4.74 Å². The molecule has 0 bridgehead atoms. The van der Waals surface area contributed by atoms with Crippen LogP contribution in [-0.2, 0) is 6.54 Å². The smallest absolute Gasteiger partial charge is 0.213 e. The highest BCUT2D eigenvalue weighted by atomic mass is 79.9. The van der Waals surface area contributed by atoms with Crippen LogP contribution in [0.15, 0.2) is 40.9 Å². The van der Waals surface area contributed by atoms with Crippen LogP contribution in [0.2, 0.25) is 0 Å². The number of rotatable bonds is 3. The molecule has 1 heterocycles. The fourth-order valence-electron chi connectivity index (χ4n) is 1.59. The van der Waals surface area contributed by atoms with Crippen LogP contribution < -0.4 is 10.5 Å². The van der Waals surface area contributed by atoms with Crippen LogP contribution >= 0.6 is 15.9 Å². The molecule has 2 N–H and O–H groups in total. The van der Waals surface area contributed by atoms with E-state index in [2.05, 4.69) is 20.9 Å². The van der Waals surface area contributed by atoms with Gasteiger partial charge < -0.3 is 10.5 Å². The van der Waals surface area contributed by atoms with Crippen LogP contribution in [0, 0.1) is 0 Å². The first-order chi connectivity index (χ1) is 8.24. The third-order valence-electron chi connectivity index (χ3n) is 2.46. The molecule has 0 aliphatic carbocycles. The lowest BCUT2D eigenvalue weighted by molar-refractivity contribution is 0.398. The summed E-state index contributed by atoms with van der Waals surface area (Å²) in [6.07, 6.45) is 0. The maximum Gasteiger partial charge on any atom is 0.213 e. The fourth-order valence-corrected chi connectivity index (χ4v) is 2.08. The number of methoxy groups -OCH3 is 1. The Morgan fingerprint density at radius 2 is 2.06 bits per heavy atom. The van der Waals surface area contributed by atoms with Crippen LogP contribution in [-0.4, -0.2) is 12.1 Å². The van der Waals surface area contributed by atoms with Gasteiger partial charge in [-0.3, -0.25) is 0 Å². The van der Waals surface area contributed by atoms with Gasteiger partial charge in [0.2, 0.25) is 5.88 Å². The summed E-state index contributed by atoms with van der Waals surface area (Å²) >= 11 is 3.51. The van der Waals surface area contributed by atoms with E-state index in [9.17, 15) is 0 Å². The Hall–Kier alpha value is -1.39. The zero-order chi connectivity index (χ0) is 12.3. The summed E-state index contributed by atoms with van der Waals surface area (Å²) < 4.78 is 6.18. The van der Waals surface area contributed by atoms with Crippen molar-refractivity contribution in [3.8, 4) is 17.1 Å². The summed E-state index contributed by atoms with van der Waals surface area (Å²) in [5, 5.41) is 0. The Balaban J connectivity index is 2.55. The van der Waals surface area contributed by atoms with Gasteiger partial charge in [-0.05, 0) is 17.7 Å². The number of halogens is 1. The summed E-state index contributed by atoms with van der Waals surface area (Å²) in [7, 11) is 1.60. The number of benzene rings is 1. The number of ether oxygens (including phenoxy) is 1. The second kappa shape index (κ2) is 5.29. The van der Waals surface area contributed by atoms with Gasteiger partial charge in [0.05, 0.1) is 12.8 Å². The second-order valence-electron chi connectivity index (χ2n) is 3.59. The number of hydrogen-bond donors (Lipinski definition) is 1. The van der Waals surface area contributed by atoms with Crippen LogP contribution in [0.25, 0.3) is 11.3 Å². The Bertz CT molecular complexity index is 506. The Morgan fingerprint density at radius 3 is 2.71 bits per heavy atom. The van der Waals surface area contributed by atoms with Crippen molar-refractivity contribution in [3.63, 3.8) is 0 Å². The lowest BCUT2D eigenvalue weighted by atomic mass is 10.1. The first-order valence-corrected chi connectivity index (χ1v) is 6.04. The minimum Gasteiger partial charge on any atom is -0.481 e. The van der Waals surface area contributed by atoms with E-state index >= 15 is 0 Å². The van der Waals surface area contributed by atoms with Gasteiger partial charge in [-0.15, -0.1) is 0 Å². The van der Waals surface area contributed by atoms with Crippen LogP contribution in [0.1, 0.15) is 5.56 Å². The van der Waals surface area contributed by atoms with Gasteiger partial charge in [0.1, 0.15) is 0 Å². The first-order valence-electron chi connectivity index (χ1n) is 5.24. The lowest BCUT2D eigenvalue weighted by Gasteiger charge is -2.08. The third kappa shape index (κ3) is 2.65. The average molecular weight is 293 g/mol. The summed E-state index contributed by atoms with van der Waals surface area (Å²) in [6, 6.07) is 11.8. The number of nitrogens with zero attached hydrogens (tertiary/aromatic N) is 1. The molecule has 2 aromatic rings. The molecule has 0 aliphatic heterocycles. The highest BCUT2D eigenvalue weighted by Gasteiger charge is 2.07. The van der Waals surface area contributed by atoms with E-state index < -0.39 is 0 Å². The van der Waals surface area contributed by atoms with Gasteiger partial charge in [0.25, 0.3) is 0 Å². The Kier molecular flexibility index (Phi) is 3.76. The van der Waals surface area contributed by atoms with Crippen molar-refractivity contribution in [2.45, 2.75) is 6.54 Å². The molecule has 0 spiro atoms. The SMILES string of the molecule is COc1cc(CN)cc(-c2ccccc2Br)n1. The normalized spacial score (nSPS) is 10.3. The predicted octanol–water partition coefficient (Wildman–Crippen LogP) is 2.98. The molecule has 17 heavy (non-hydrogen) atoms. The van der Waals surface area contributed by atoms with Gasteiger partial charge in [0, 0.05) is 22.6 Å². The van der Waals surface area contributed by atoms with E-state index in [1.807, 2.05) is 36.4 Å². The van der Waals surface area contributed by atoms with E-state index in [1.165, 1.54) is 0 Å². The van der Waals surface area contributed by atoms with Crippen molar-refractivity contribution in [1.82, 2.24) is 4.98 Å². The standard InChI is InChI=1S/C13H13BrN2O/c1-17-13-7-9(8-15)6-12(16-13)10-4-2-3-5-11(10)14/h2-7H,8,15H2,1H3. The summed E-state index contributed by atoms with van der Waals surface area (Å²) in [5.74, 6) is 0.582. The number of hydrogen-bond acceptors (Lipinski definition) is 3. The summed E-state index contributed by atoms with van der Waals surface area (Å²) in [6.45, 7) is 0.469. The average Bonchev–Trinajstić information content (AvgIpc) is 2.38. The monoisotopic (exact) mass is 292 g/mol. The zero-order valence-corrected chi connectivity index (χ0v) is 11.1. The molecule has 1 aromatic heterocycles. The van der Waals surface area contributed by atoms with Crippen molar-refractivity contribution in [3.05, 3.63) is 46.4 Å². The minimum atomic E-state index is 0.469. The van der Waals surface area contributed by atoms with E-state index in [0.717, 1.165) is 21.3 Å². The lowest BCUT2D eigenvalue weighted by Crippen LogP contribution is -1.99. The molecule has 0 unspecified atom stereocenters. The fraction of sp³-hybridized carbons (Fsp3) is 0.154. The molecule has 1 aromatic carbocycles. The molecule has 0 saturated heterocycles. The summed E-state index contributed by atoms with van der Waals surface area (Å²) in [5.41, 5.74) is 8.55. The van der Waals surface area contributed by atoms with Crippen LogP contribution in [0.4, 0.5) is 0 Å². The molecule has 88 valence electrons. The topological polar surface area (TPSA) is 48.1 Å². The van der Waals surface area contributed by atoms with Gasteiger partial charge in [0.15, 0.2) is 0 Å². The predicted molar refractivity (Wildman–Crippen MR) is 71.8 cm³/mol. The van der Waals surface area contributed by atoms with Crippen molar-refractivity contribution in [2.24, 2.45) is 5.73 Å². The Morgan fingerprint density at radius 1 is 1.29 bits per heavy atom. The highest BCUT2D eigenvalue weighted by molar-refractivity contribution is 9.10. The van der Waals surface area contributed by atoms with Gasteiger partial charge in [-0.25, -0.2) is 4.98 Å². The van der Waals surface area contributed by atoms with Crippen molar-refractivity contribution in [2.75, 3.05) is 7.11 Å². The zero-order valence-electron chi connectivity index (χ0n) is 9.48. The molecule has 0 amide bonds. The van der Waals surface area contributed by atoms with Gasteiger partial charge >= 0.3 is 0 Å². The number of aromatic nitrogens is 1. The molecular formula is C13H13BrN2O. The molecule has 2 rings (SSSR count). The third-order valence-corrected chi connectivity index (χ3v) is 3.15. The van der Waals surface area contributed by atoms with Gasteiger partial charge in [-0.2, -0.15) is 0 Å². The highest BCUT2D eigenvalue weighted by Crippen LogP contribution is 2.28. The van der Waals surface area contributed by atoms with Gasteiger partial charge in [-0.1, -0.05) is 34.1 Å². The maximum atomic E-state index is 5.66. The largest absolute Gasteiger partial charge is 0.481 e. The summed E-state index contributed by atoms with van der Waals surface area (Å²) in [4.78, 5) is 4.42. The first kappa shape index (κ1) is 12.1. The van der Waals surface area contributed by atoms with Crippen molar-refractivity contribution in [1.29, 1.82) is 0 Å². The quantitative estimate of drug-likeness (QED) is 0.946. The van der Waals surface area contributed by atoms with E-state index in [4.69, 9.17) is 10.5 Å². The molecule has 3 nitrogen and oxygen atoms in total. The van der Waals surface area contributed by atoms with Crippen LogP contribution in [0.5, 0.6) is 5.88 Å². The molecule has 4 heteroatoms. The van der Waals surface area contributed by atoms with E-state index in [0.29, 0.717) is 12.4 Å². The minimum absolute atomic E-state index is 0.469. The van der Waals surface area contributed by atoms with Crippen LogP contribution in [0.3, 0.4) is 0 Å². The number of pyridine rings is 1. The second-order valence-corrected chi connectivity index (χ2v) is 4.44. The molecule has 0 radical (unpaired) electrons. The molecule has 0 saturated carbocycles. The Labute approximate surface area is 109 Å². The van der Waals surface area contributed by atoms with E-state index in [-0.39, 0.29) is 0 Å². The molecule has 0 atom stereocenters. The molecule has 0 fully saturated rings. The van der Waals surface area contributed by atoms with E-state index in [1.54, 1.807) is 7.11 Å². The molecular weight excluding hydrogens is 280 g/mol. The molecule has 0 aliphatic rings.